The summed E-state index contributed by atoms with van der Waals surface area (Å²) in [5.74, 6) is -0.392. The molecule has 12 heteroatoms. The summed E-state index contributed by atoms with van der Waals surface area (Å²) in [5.41, 5.74) is 6.03. The first-order valence-electron chi connectivity index (χ1n) is 11.7. The molecule has 0 radical (unpaired) electrons. The van der Waals surface area contributed by atoms with E-state index in [4.69, 9.17) is 5.73 Å². The van der Waals surface area contributed by atoms with E-state index in [0.717, 1.165) is 38.8 Å². The number of hydrogen-bond donors (Lipinski definition) is 2. The van der Waals surface area contributed by atoms with Gasteiger partial charge in [-0.1, -0.05) is 32.0 Å². The molecule has 1 heterocycles. The van der Waals surface area contributed by atoms with Crippen molar-refractivity contribution in [3.63, 3.8) is 0 Å². The molecule has 1 aliphatic rings. The van der Waals surface area contributed by atoms with Crippen LogP contribution in [0.4, 0.5) is 30.6 Å². The Morgan fingerprint density at radius 3 is 2.43 bits per heavy atom. The number of hydrogen-bond acceptors (Lipinski definition) is 8. The van der Waals surface area contributed by atoms with Crippen LogP contribution >= 0.6 is 0 Å². The minimum absolute atomic E-state index is 0.0155. The number of benzene rings is 1. The lowest BCUT2D eigenvalue weighted by molar-refractivity contribution is -0.385. The number of ether oxygens (including phenoxy) is 1. The monoisotopic (exact) mass is 496 g/mol. The molecule has 35 heavy (non-hydrogen) atoms. The SMILES string of the molecule is CCN(CC)[C@H]1CC[C@H](Cc2nc(NCc3ccccc3OC(F)(F)F)nc(N)c2[N+](=O)[O-])CC1. The van der Waals surface area contributed by atoms with Gasteiger partial charge >= 0.3 is 12.0 Å². The van der Waals surface area contributed by atoms with Crippen LogP contribution < -0.4 is 15.8 Å². The van der Waals surface area contributed by atoms with Gasteiger partial charge in [0.1, 0.15) is 11.4 Å². The first-order valence-corrected chi connectivity index (χ1v) is 11.7. The van der Waals surface area contributed by atoms with Gasteiger partial charge in [0.15, 0.2) is 0 Å². The van der Waals surface area contributed by atoms with Crippen LogP contribution in [-0.2, 0) is 13.0 Å². The Kier molecular flexibility index (Phi) is 8.71. The third-order valence-corrected chi connectivity index (χ3v) is 6.43. The number of anilines is 2. The second kappa shape index (κ2) is 11.5. The van der Waals surface area contributed by atoms with Crippen molar-refractivity contribution in [3.8, 4) is 5.75 Å². The van der Waals surface area contributed by atoms with E-state index in [1.807, 2.05) is 0 Å². The molecule has 0 saturated heterocycles. The van der Waals surface area contributed by atoms with Crippen LogP contribution in [0.1, 0.15) is 50.8 Å². The fourth-order valence-corrected chi connectivity index (χ4v) is 4.72. The van der Waals surface area contributed by atoms with E-state index in [2.05, 4.69) is 38.8 Å². The summed E-state index contributed by atoms with van der Waals surface area (Å²) in [7, 11) is 0. The number of nitrogens with two attached hydrogens (primary N) is 1. The maximum absolute atomic E-state index is 12.7. The van der Waals surface area contributed by atoms with E-state index in [-0.39, 0.29) is 46.9 Å². The molecule has 0 unspecified atom stereocenters. The first kappa shape index (κ1) is 26.5. The highest BCUT2D eigenvalue weighted by Crippen LogP contribution is 2.34. The Balaban J connectivity index is 1.74. The van der Waals surface area contributed by atoms with Crippen LogP contribution in [0.25, 0.3) is 0 Å². The number of para-hydroxylation sites is 1. The fourth-order valence-electron chi connectivity index (χ4n) is 4.72. The topological polar surface area (TPSA) is 119 Å². The Morgan fingerprint density at radius 1 is 1.17 bits per heavy atom. The van der Waals surface area contributed by atoms with Crippen molar-refractivity contribution >= 4 is 17.5 Å². The molecule has 9 nitrogen and oxygen atoms in total. The van der Waals surface area contributed by atoms with Crippen molar-refractivity contribution in [3.05, 3.63) is 45.6 Å². The summed E-state index contributed by atoms with van der Waals surface area (Å²) in [6.45, 7) is 6.19. The summed E-state index contributed by atoms with van der Waals surface area (Å²) in [4.78, 5) is 21.8. The Labute approximate surface area is 202 Å². The fraction of sp³-hybridized carbons (Fsp3) is 0.565. The molecule has 0 amide bonds. The van der Waals surface area contributed by atoms with Gasteiger partial charge in [0.2, 0.25) is 11.8 Å². The number of aromatic nitrogens is 2. The van der Waals surface area contributed by atoms with Gasteiger partial charge in [-0.05, 0) is 57.2 Å². The second-order valence-electron chi connectivity index (χ2n) is 8.59. The Bertz CT molecular complexity index is 1010. The van der Waals surface area contributed by atoms with E-state index >= 15 is 0 Å². The number of nitrogens with zero attached hydrogens (tertiary/aromatic N) is 4. The van der Waals surface area contributed by atoms with E-state index < -0.39 is 11.3 Å². The van der Waals surface area contributed by atoms with Gasteiger partial charge in [-0.25, -0.2) is 4.98 Å². The van der Waals surface area contributed by atoms with Gasteiger partial charge < -0.3 is 20.7 Å². The van der Waals surface area contributed by atoms with E-state index in [9.17, 15) is 23.3 Å². The van der Waals surface area contributed by atoms with Crippen molar-refractivity contribution in [1.29, 1.82) is 0 Å². The highest BCUT2D eigenvalue weighted by Gasteiger charge is 2.32. The van der Waals surface area contributed by atoms with Crippen molar-refractivity contribution in [2.45, 2.75) is 64.9 Å². The minimum atomic E-state index is -4.83. The molecule has 3 rings (SSSR count). The molecule has 0 spiro atoms. The molecular weight excluding hydrogens is 465 g/mol. The summed E-state index contributed by atoms with van der Waals surface area (Å²) < 4.78 is 42.1. The van der Waals surface area contributed by atoms with Gasteiger partial charge in [0.25, 0.3) is 0 Å². The van der Waals surface area contributed by atoms with Crippen LogP contribution in [0.2, 0.25) is 0 Å². The molecule has 1 aromatic carbocycles. The molecule has 0 atom stereocenters. The van der Waals surface area contributed by atoms with E-state index in [0.29, 0.717) is 12.5 Å². The molecular formula is C23H31F3N6O3. The average Bonchev–Trinajstić information content (AvgIpc) is 2.79. The molecule has 3 N–H and O–H groups in total. The minimum Gasteiger partial charge on any atom is -0.405 e. The van der Waals surface area contributed by atoms with Gasteiger partial charge in [0.05, 0.1) is 4.92 Å². The lowest BCUT2D eigenvalue weighted by Gasteiger charge is -2.35. The van der Waals surface area contributed by atoms with Crippen molar-refractivity contribution in [2.24, 2.45) is 5.92 Å². The van der Waals surface area contributed by atoms with Crippen molar-refractivity contribution in [2.75, 3.05) is 24.1 Å². The predicted octanol–water partition coefficient (Wildman–Crippen LogP) is 4.92. The van der Waals surface area contributed by atoms with Crippen LogP contribution in [0.3, 0.4) is 0 Å². The van der Waals surface area contributed by atoms with Gasteiger partial charge in [-0.15, -0.1) is 13.2 Å². The Hall–Kier alpha value is -3.15. The number of alkyl halides is 3. The summed E-state index contributed by atoms with van der Waals surface area (Å²) in [6, 6.07) is 6.19. The molecule has 1 aromatic heterocycles. The van der Waals surface area contributed by atoms with E-state index in [1.165, 1.54) is 18.2 Å². The summed E-state index contributed by atoms with van der Waals surface area (Å²) in [5, 5.41) is 14.5. The summed E-state index contributed by atoms with van der Waals surface area (Å²) >= 11 is 0. The quantitative estimate of drug-likeness (QED) is 0.351. The van der Waals surface area contributed by atoms with E-state index in [1.54, 1.807) is 6.07 Å². The number of nitro groups is 1. The molecule has 0 bridgehead atoms. The maximum atomic E-state index is 12.7. The van der Waals surface area contributed by atoms with Crippen molar-refractivity contribution < 1.29 is 22.8 Å². The number of nitrogen functional groups attached to an aromatic ring is 1. The van der Waals surface area contributed by atoms with Crippen LogP contribution in [0.15, 0.2) is 24.3 Å². The lowest BCUT2D eigenvalue weighted by Crippen LogP contribution is -2.38. The van der Waals surface area contributed by atoms with Gasteiger partial charge in [-0.2, -0.15) is 4.98 Å². The highest BCUT2D eigenvalue weighted by molar-refractivity contribution is 5.58. The molecule has 1 fully saturated rings. The van der Waals surface area contributed by atoms with Crippen LogP contribution in [0.5, 0.6) is 5.75 Å². The zero-order valence-corrected chi connectivity index (χ0v) is 19.8. The van der Waals surface area contributed by atoms with Gasteiger partial charge in [0, 0.05) is 18.2 Å². The second-order valence-corrected chi connectivity index (χ2v) is 8.59. The third-order valence-electron chi connectivity index (χ3n) is 6.43. The molecule has 1 aliphatic carbocycles. The number of halogens is 3. The molecule has 2 aromatic rings. The average molecular weight is 497 g/mol. The maximum Gasteiger partial charge on any atom is 0.573 e. The smallest absolute Gasteiger partial charge is 0.405 e. The first-order chi connectivity index (χ1) is 16.6. The highest BCUT2D eigenvalue weighted by atomic mass is 19.4. The number of rotatable bonds is 10. The number of nitrogens with one attached hydrogen (secondary N) is 1. The van der Waals surface area contributed by atoms with Crippen LogP contribution in [0, 0.1) is 16.0 Å². The van der Waals surface area contributed by atoms with Crippen LogP contribution in [-0.4, -0.2) is 45.3 Å². The normalized spacial score (nSPS) is 18.5. The zero-order chi connectivity index (χ0) is 25.6. The molecule has 192 valence electrons. The van der Waals surface area contributed by atoms with Gasteiger partial charge in [-0.3, -0.25) is 10.1 Å². The lowest BCUT2D eigenvalue weighted by atomic mass is 9.82. The predicted molar refractivity (Wildman–Crippen MR) is 126 cm³/mol. The van der Waals surface area contributed by atoms with Crippen molar-refractivity contribution in [1.82, 2.24) is 14.9 Å². The summed E-state index contributed by atoms with van der Waals surface area (Å²) in [6.07, 6.45) is -0.567. The Morgan fingerprint density at radius 2 is 1.83 bits per heavy atom. The molecule has 0 aliphatic heterocycles. The third kappa shape index (κ3) is 7.17. The largest absolute Gasteiger partial charge is 0.573 e. The standard InChI is InChI=1S/C23H31F3N6O3/c1-3-31(4-2)17-11-9-15(10-12-17)13-18-20(32(33)34)21(27)30-22(29-18)28-14-16-7-5-6-8-19(16)35-23(24,25)26/h5-8,15,17H,3-4,9-14H2,1-2H3,(H3,27,28,29,30)/t15-,17-. The molecule has 1 saturated carbocycles. The zero-order valence-electron chi connectivity index (χ0n) is 19.8.